The molecule has 2 unspecified atom stereocenters. The average Bonchev–Trinajstić information content (AvgIpc) is 3.39. The number of nitrogens with one attached hydrogen (secondary N) is 1. The molecule has 0 fully saturated rings. The Morgan fingerprint density at radius 2 is 1.51 bits per heavy atom. The maximum atomic E-state index is 13.7. The van der Waals surface area contributed by atoms with Crippen LogP contribution >= 0.6 is 0 Å². The van der Waals surface area contributed by atoms with Crippen LogP contribution in [0.3, 0.4) is 0 Å². The van der Waals surface area contributed by atoms with Gasteiger partial charge in [-0.15, -0.1) is 0 Å². The number of hydrogen-bond acceptors (Lipinski definition) is 8. The minimum absolute atomic E-state index is 0.0424. The predicted molar refractivity (Wildman–Crippen MR) is 168 cm³/mol. The molecule has 14 nitrogen and oxygen atoms in total. The third kappa shape index (κ3) is 14.0. The van der Waals surface area contributed by atoms with Crippen LogP contribution in [0.15, 0.2) is 42.5 Å². The van der Waals surface area contributed by atoms with Gasteiger partial charge in [0.25, 0.3) is 5.97 Å². The number of carboxylic acid groups (broad SMARTS) is 5. The van der Waals surface area contributed by atoms with Crippen LogP contribution in [0.5, 0.6) is 0 Å². The molecule has 1 heterocycles. The summed E-state index contributed by atoms with van der Waals surface area (Å²) >= 11 is 0. The molecular weight excluding hydrogens is 621 g/mol. The normalized spacial score (nSPS) is 16.4. The summed E-state index contributed by atoms with van der Waals surface area (Å²) in [4.78, 5) is 55.8. The van der Waals surface area contributed by atoms with Crippen molar-refractivity contribution in [1.82, 2.24) is 14.9 Å². The maximum Gasteiger partial charge on any atom is 0.414 e. The Bertz CT molecular complexity index is 1440. The fourth-order valence-corrected chi connectivity index (χ4v) is 5.29. The number of hydrogen-bond donors (Lipinski definition) is 7. The molecular formula is C32H42FN3O11. The van der Waals surface area contributed by atoms with Crippen molar-refractivity contribution in [2.24, 2.45) is 5.92 Å². The number of carbonyl (C=O) groups is 5. The topological polar surface area (TPSA) is 239 Å². The van der Waals surface area contributed by atoms with Crippen molar-refractivity contribution in [2.45, 2.75) is 64.4 Å². The number of halogens is 1. The van der Waals surface area contributed by atoms with Gasteiger partial charge in [0.1, 0.15) is 11.6 Å². The minimum Gasteiger partial charge on any atom is -0.481 e. The van der Waals surface area contributed by atoms with Crippen LogP contribution < -0.4 is 0 Å². The number of imidazole rings is 1. The summed E-state index contributed by atoms with van der Waals surface area (Å²) in [5.41, 5.74) is 3.54. The van der Waals surface area contributed by atoms with Crippen LogP contribution in [0.4, 0.5) is 4.39 Å². The molecule has 2 atom stereocenters. The van der Waals surface area contributed by atoms with Gasteiger partial charge in [0.05, 0.1) is 16.6 Å². The molecule has 1 aliphatic rings. The van der Waals surface area contributed by atoms with Gasteiger partial charge >= 0.3 is 23.9 Å². The molecule has 0 spiro atoms. The SMILES string of the molecule is CC(=O)O.CC(C)C1c2ccc(F)cc2CCC1(O)CCN(C)CCCc1nc2ccccc2[nH]1.O=C(O)C(=O)O.O=C(O)C(=O)O. The predicted octanol–water partition coefficient (Wildman–Crippen LogP) is 3.48. The number of rotatable bonds is 8. The van der Waals surface area contributed by atoms with E-state index in [4.69, 9.17) is 49.5 Å². The minimum atomic E-state index is -1.82. The molecule has 0 saturated carbocycles. The first-order chi connectivity index (χ1) is 21.9. The molecule has 7 N–H and O–H groups in total. The van der Waals surface area contributed by atoms with Crippen molar-refractivity contribution >= 4 is 40.9 Å². The Morgan fingerprint density at radius 3 is 2.02 bits per heavy atom. The molecule has 47 heavy (non-hydrogen) atoms. The smallest absolute Gasteiger partial charge is 0.414 e. The monoisotopic (exact) mass is 663 g/mol. The number of aromatic nitrogens is 2. The number of para-hydroxylation sites is 2. The van der Waals surface area contributed by atoms with Gasteiger partial charge in [0.15, 0.2) is 0 Å². The third-order valence-electron chi connectivity index (χ3n) is 7.20. The zero-order valence-electron chi connectivity index (χ0n) is 26.6. The van der Waals surface area contributed by atoms with E-state index in [-0.39, 0.29) is 11.7 Å². The van der Waals surface area contributed by atoms with Crippen LogP contribution in [0.1, 0.15) is 62.9 Å². The van der Waals surface area contributed by atoms with Crippen LogP contribution in [0.25, 0.3) is 11.0 Å². The first-order valence-corrected chi connectivity index (χ1v) is 14.6. The number of nitrogens with zero attached hydrogens (tertiary/aromatic N) is 2. The van der Waals surface area contributed by atoms with Crippen LogP contribution in [0.2, 0.25) is 0 Å². The molecule has 0 radical (unpaired) electrons. The largest absolute Gasteiger partial charge is 0.481 e. The van der Waals surface area contributed by atoms with Crippen LogP contribution in [0, 0.1) is 11.7 Å². The molecule has 15 heteroatoms. The van der Waals surface area contributed by atoms with Gasteiger partial charge in [-0.2, -0.15) is 0 Å². The molecule has 0 saturated heterocycles. The number of fused-ring (bicyclic) bond motifs is 2. The Hall–Kier alpha value is -4.89. The van der Waals surface area contributed by atoms with E-state index >= 15 is 0 Å². The molecule has 0 amide bonds. The highest BCUT2D eigenvalue weighted by Crippen LogP contribution is 2.45. The van der Waals surface area contributed by atoms with Crippen molar-refractivity contribution < 1.29 is 59.0 Å². The lowest BCUT2D eigenvalue weighted by atomic mass is 9.66. The van der Waals surface area contributed by atoms with E-state index in [1.807, 2.05) is 24.3 Å². The van der Waals surface area contributed by atoms with E-state index in [1.165, 1.54) is 6.07 Å². The first kappa shape index (κ1) is 40.1. The summed E-state index contributed by atoms with van der Waals surface area (Å²) < 4.78 is 13.7. The Labute approximate surface area is 270 Å². The molecule has 1 aliphatic carbocycles. The van der Waals surface area contributed by atoms with Gasteiger partial charge in [-0.05, 0) is 80.6 Å². The number of aromatic amines is 1. The lowest BCUT2D eigenvalue weighted by molar-refractivity contribution is -0.159. The van der Waals surface area contributed by atoms with E-state index in [1.54, 1.807) is 6.07 Å². The standard InChI is InChI=1S/C26H34FN3O.2C2H2O4.C2H4O2/c1-18(2)25-21-11-10-20(27)17-19(21)12-13-26(25,31)14-16-30(3)15-6-9-24-28-22-7-4-5-8-23(22)29-24;2*3-1(4)2(5)6;1-2(3)4/h4-5,7-8,10-11,17-18,25,31H,6,9,12-16H2,1-3H3,(H,28,29);2*(H,3,4)(H,5,6);1H3,(H,3,4). The molecule has 0 aliphatic heterocycles. The Kier molecular flexibility index (Phi) is 16.2. The van der Waals surface area contributed by atoms with E-state index < -0.39 is 35.4 Å². The number of benzene rings is 2. The number of aliphatic carboxylic acids is 5. The lowest BCUT2D eigenvalue weighted by Crippen LogP contribution is -2.45. The van der Waals surface area contributed by atoms with Gasteiger partial charge in [0.2, 0.25) is 0 Å². The van der Waals surface area contributed by atoms with E-state index in [0.717, 1.165) is 73.7 Å². The van der Waals surface area contributed by atoms with Gasteiger partial charge < -0.3 is 40.5 Å². The lowest BCUT2D eigenvalue weighted by Gasteiger charge is -2.44. The first-order valence-electron chi connectivity index (χ1n) is 14.6. The second-order valence-corrected chi connectivity index (χ2v) is 11.3. The van der Waals surface area contributed by atoms with E-state index in [0.29, 0.717) is 12.3 Å². The zero-order valence-corrected chi connectivity index (χ0v) is 26.6. The summed E-state index contributed by atoms with van der Waals surface area (Å²) in [6.07, 6.45) is 4.09. The van der Waals surface area contributed by atoms with E-state index in [2.05, 4.69) is 41.8 Å². The van der Waals surface area contributed by atoms with Crippen LogP contribution in [-0.2, 0) is 36.8 Å². The number of aryl methyl sites for hydroxylation is 2. The molecule has 0 bridgehead atoms. The van der Waals surface area contributed by atoms with Crippen molar-refractivity contribution in [3.05, 3.63) is 65.2 Å². The third-order valence-corrected chi connectivity index (χ3v) is 7.20. The molecule has 4 rings (SSSR count). The Balaban J connectivity index is 0.000000573. The van der Waals surface area contributed by atoms with Gasteiger partial charge in [-0.3, -0.25) is 4.79 Å². The molecule has 2 aromatic carbocycles. The van der Waals surface area contributed by atoms with Crippen molar-refractivity contribution in [2.75, 3.05) is 20.1 Å². The summed E-state index contributed by atoms with van der Waals surface area (Å²) in [6.45, 7) is 7.20. The van der Waals surface area contributed by atoms with Gasteiger partial charge in [-0.1, -0.05) is 32.0 Å². The fraction of sp³-hybridized carbons (Fsp3) is 0.438. The summed E-state index contributed by atoms with van der Waals surface area (Å²) in [7, 11) is 2.12. The van der Waals surface area contributed by atoms with E-state index in [9.17, 15) is 9.50 Å². The zero-order chi connectivity index (χ0) is 35.9. The highest BCUT2D eigenvalue weighted by atomic mass is 19.1. The highest BCUT2D eigenvalue weighted by Gasteiger charge is 2.43. The summed E-state index contributed by atoms with van der Waals surface area (Å²) in [5, 5.41) is 48.6. The summed E-state index contributed by atoms with van der Waals surface area (Å²) in [6, 6.07) is 13.2. The highest BCUT2D eigenvalue weighted by molar-refractivity contribution is 6.27. The molecule has 3 aromatic rings. The average molecular weight is 664 g/mol. The second-order valence-electron chi connectivity index (χ2n) is 11.3. The van der Waals surface area contributed by atoms with Gasteiger partial charge in [0, 0.05) is 25.8 Å². The quantitative estimate of drug-likeness (QED) is 0.171. The number of H-pyrrole nitrogens is 1. The maximum absolute atomic E-state index is 13.7. The second kappa shape index (κ2) is 18.9. The number of aliphatic hydroxyl groups is 1. The van der Waals surface area contributed by atoms with Crippen LogP contribution in [-0.4, -0.2) is 101 Å². The molecule has 258 valence electrons. The van der Waals surface area contributed by atoms with Gasteiger partial charge in [-0.25, -0.2) is 28.6 Å². The van der Waals surface area contributed by atoms with Crippen molar-refractivity contribution in [3.63, 3.8) is 0 Å². The molecule has 1 aromatic heterocycles. The van der Waals surface area contributed by atoms with Crippen molar-refractivity contribution in [3.8, 4) is 0 Å². The summed E-state index contributed by atoms with van der Waals surface area (Å²) in [5.74, 6) is -6.94. The number of carboxylic acids is 5. The fourth-order valence-electron chi connectivity index (χ4n) is 5.29. The van der Waals surface area contributed by atoms with Crippen molar-refractivity contribution in [1.29, 1.82) is 0 Å². The Morgan fingerprint density at radius 1 is 0.957 bits per heavy atom.